The summed E-state index contributed by atoms with van der Waals surface area (Å²) in [6.45, 7) is 10.1. The first-order chi connectivity index (χ1) is 18.3. The molecule has 1 aliphatic rings. The van der Waals surface area contributed by atoms with Crippen LogP contribution in [0.25, 0.3) is 17.0 Å². The summed E-state index contributed by atoms with van der Waals surface area (Å²) >= 11 is 3.49. The average molecular weight is 602 g/mol. The van der Waals surface area contributed by atoms with Crippen LogP contribution in [-0.2, 0) is 16.1 Å². The molecule has 1 fully saturated rings. The van der Waals surface area contributed by atoms with Crippen LogP contribution in [0.15, 0.2) is 34.8 Å². The van der Waals surface area contributed by atoms with Gasteiger partial charge in [0.05, 0.1) is 5.52 Å². The number of halogens is 1. The number of pyridine rings is 1. The first kappa shape index (κ1) is 28.2. The molecule has 0 spiro atoms. The number of carbonyl (C=O) groups is 2. The van der Waals surface area contributed by atoms with Gasteiger partial charge in [-0.15, -0.1) is 0 Å². The van der Waals surface area contributed by atoms with Crippen LogP contribution in [0.5, 0.6) is 11.8 Å². The second-order valence-electron chi connectivity index (χ2n) is 10.4. The SMILES string of the molecule is Cc1c(C=CC(=O)O)c(O)n(Nc2cc(CN3CCN(C(=O)OC(C)(C)C)CC3)c3ccc(Br)cc3n2)c1O. The van der Waals surface area contributed by atoms with Crippen molar-refractivity contribution in [1.29, 1.82) is 0 Å². The van der Waals surface area contributed by atoms with Gasteiger partial charge < -0.3 is 25.0 Å². The average Bonchev–Trinajstić information content (AvgIpc) is 3.04. The van der Waals surface area contributed by atoms with E-state index in [-0.39, 0.29) is 23.4 Å². The van der Waals surface area contributed by atoms with E-state index in [1.165, 1.54) is 6.08 Å². The van der Waals surface area contributed by atoms with Crippen LogP contribution in [0.2, 0.25) is 0 Å². The monoisotopic (exact) mass is 601 g/mol. The zero-order valence-electron chi connectivity index (χ0n) is 22.2. The van der Waals surface area contributed by atoms with Crippen molar-refractivity contribution in [3.63, 3.8) is 0 Å². The molecule has 0 atom stereocenters. The van der Waals surface area contributed by atoms with Crippen molar-refractivity contribution in [2.45, 2.75) is 39.8 Å². The smallest absolute Gasteiger partial charge is 0.410 e. The molecule has 0 bridgehead atoms. The lowest BCUT2D eigenvalue weighted by Crippen LogP contribution is -2.49. The van der Waals surface area contributed by atoms with Gasteiger partial charge in [-0.05, 0) is 57.5 Å². The third-order valence-electron chi connectivity index (χ3n) is 6.30. The highest BCUT2D eigenvalue weighted by molar-refractivity contribution is 9.10. The van der Waals surface area contributed by atoms with Crippen LogP contribution < -0.4 is 5.43 Å². The lowest BCUT2D eigenvalue weighted by Gasteiger charge is -2.35. The number of carboxylic acid groups (broad SMARTS) is 1. The van der Waals surface area contributed by atoms with Gasteiger partial charge in [0.1, 0.15) is 11.4 Å². The Hall–Kier alpha value is -3.77. The van der Waals surface area contributed by atoms with Crippen LogP contribution in [0.3, 0.4) is 0 Å². The summed E-state index contributed by atoms with van der Waals surface area (Å²) in [7, 11) is 0. The van der Waals surface area contributed by atoms with Gasteiger partial charge in [0.15, 0.2) is 0 Å². The number of ether oxygens (including phenoxy) is 1. The van der Waals surface area contributed by atoms with Crippen LogP contribution >= 0.6 is 15.9 Å². The highest BCUT2D eigenvalue weighted by Crippen LogP contribution is 2.34. The maximum Gasteiger partial charge on any atom is 0.410 e. The molecule has 4 N–H and O–H groups in total. The number of fused-ring (bicyclic) bond motifs is 1. The van der Waals surface area contributed by atoms with Gasteiger partial charge in [0, 0.05) is 59.8 Å². The molecule has 0 unspecified atom stereocenters. The quantitative estimate of drug-likeness (QED) is 0.299. The maximum absolute atomic E-state index is 12.4. The Labute approximate surface area is 234 Å². The zero-order chi connectivity index (χ0) is 28.5. The molecule has 39 heavy (non-hydrogen) atoms. The summed E-state index contributed by atoms with van der Waals surface area (Å²) in [5.41, 5.74) is 4.55. The molecular weight excluding hydrogens is 570 g/mol. The first-order valence-electron chi connectivity index (χ1n) is 12.4. The number of hydrogen-bond donors (Lipinski definition) is 4. The summed E-state index contributed by atoms with van der Waals surface area (Å²) in [4.78, 5) is 32.0. The van der Waals surface area contributed by atoms with Crippen molar-refractivity contribution in [3.8, 4) is 11.8 Å². The minimum absolute atomic E-state index is 0.175. The highest BCUT2D eigenvalue weighted by Gasteiger charge is 2.26. The zero-order valence-corrected chi connectivity index (χ0v) is 23.8. The number of carboxylic acids is 1. The van der Waals surface area contributed by atoms with Crippen LogP contribution in [0, 0.1) is 6.92 Å². The lowest BCUT2D eigenvalue weighted by atomic mass is 10.1. The molecule has 0 radical (unpaired) electrons. The Morgan fingerprint density at radius 1 is 1.13 bits per heavy atom. The fourth-order valence-electron chi connectivity index (χ4n) is 4.37. The number of anilines is 1. The molecule has 1 amide bonds. The van der Waals surface area contributed by atoms with Gasteiger partial charge in [0.2, 0.25) is 11.8 Å². The largest absolute Gasteiger partial charge is 0.493 e. The number of benzene rings is 1. The second-order valence-corrected chi connectivity index (χ2v) is 11.3. The Morgan fingerprint density at radius 2 is 1.82 bits per heavy atom. The molecule has 4 rings (SSSR count). The van der Waals surface area contributed by atoms with E-state index in [9.17, 15) is 19.8 Å². The van der Waals surface area contributed by atoms with Crippen LogP contribution in [0.1, 0.15) is 37.5 Å². The molecule has 12 heteroatoms. The van der Waals surface area contributed by atoms with Gasteiger partial charge in [-0.3, -0.25) is 10.3 Å². The van der Waals surface area contributed by atoms with Crippen molar-refractivity contribution < 1.29 is 29.6 Å². The molecular formula is C27H32BrN5O6. The predicted octanol–water partition coefficient (Wildman–Crippen LogP) is 4.54. The van der Waals surface area contributed by atoms with Crippen LogP contribution in [0.4, 0.5) is 10.6 Å². The van der Waals surface area contributed by atoms with E-state index in [4.69, 9.17) is 9.84 Å². The minimum Gasteiger partial charge on any atom is -0.493 e. The number of rotatable bonds is 6. The van der Waals surface area contributed by atoms with Crippen molar-refractivity contribution in [2.24, 2.45) is 0 Å². The molecule has 0 aliphatic carbocycles. The van der Waals surface area contributed by atoms with Crippen molar-refractivity contribution in [1.82, 2.24) is 19.5 Å². The lowest BCUT2D eigenvalue weighted by molar-refractivity contribution is -0.131. The summed E-state index contributed by atoms with van der Waals surface area (Å²) in [6, 6.07) is 7.64. The summed E-state index contributed by atoms with van der Waals surface area (Å²) in [5.74, 6) is -1.42. The van der Waals surface area contributed by atoms with Gasteiger partial charge in [-0.1, -0.05) is 22.0 Å². The number of aromatic nitrogens is 2. The third kappa shape index (κ3) is 6.63. The molecule has 208 valence electrons. The Bertz CT molecular complexity index is 1440. The first-order valence-corrected chi connectivity index (χ1v) is 13.2. The maximum atomic E-state index is 12.4. The second kappa shape index (κ2) is 11.1. The molecule has 3 heterocycles. The van der Waals surface area contributed by atoms with Gasteiger partial charge >= 0.3 is 12.1 Å². The summed E-state index contributed by atoms with van der Waals surface area (Å²) in [6.07, 6.45) is 1.79. The number of nitrogens with one attached hydrogen (secondary N) is 1. The predicted molar refractivity (Wildman–Crippen MR) is 151 cm³/mol. The third-order valence-corrected chi connectivity index (χ3v) is 6.79. The van der Waals surface area contributed by atoms with E-state index >= 15 is 0 Å². The molecule has 0 saturated carbocycles. The van der Waals surface area contributed by atoms with E-state index in [1.54, 1.807) is 11.8 Å². The van der Waals surface area contributed by atoms with E-state index in [1.807, 2.05) is 45.0 Å². The van der Waals surface area contributed by atoms with Gasteiger partial charge in [-0.25, -0.2) is 14.6 Å². The standard InChI is InChI=1S/C27H32BrN5O6/c1-16-19(7-8-23(34)35)25(37)33(24(16)36)30-22-13-17(20-6-5-18(28)14-21(20)29-22)15-31-9-11-32(12-10-31)26(38)39-27(2,3)4/h5-8,13-14,36-37H,9-12,15H2,1-4H3,(H,29,30)(H,34,35). The van der Waals surface area contributed by atoms with E-state index in [0.29, 0.717) is 49.6 Å². The topological polar surface area (TPSA) is 140 Å². The number of piperazine rings is 1. The fraction of sp³-hybridized carbons (Fsp3) is 0.370. The molecule has 1 aliphatic heterocycles. The van der Waals surface area contributed by atoms with E-state index in [2.05, 4.69) is 31.2 Å². The number of amides is 1. The highest BCUT2D eigenvalue weighted by atomic mass is 79.9. The number of carbonyl (C=O) groups excluding carboxylic acids is 1. The number of aliphatic carboxylic acids is 1. The van der Waals surface area contributed by atoms with E-state index < -0.39 is 11.6 Å². The minimum atomic E-state index is -1.17. The van der Waals surface area contributed by atoms with Gasteiger partial charge in [0.25, 0.3) is 0 Å². The normalized spacial score (nSPS) is 14.7. The summed E-state index contributed by atoms with van der Waals surface area (Å²) < 4.78 is 7.41. The van der Waals surface area contributed by atoms with Gasteiger partial charge in [-0.2, -0.15) is 4.68 Å². The number of hydrogen-bond acceptors (Lipinski definition) is 8. The van der Waals surface area contributed by atoms with Crippen molar-refractivity contribution in [3.05, 3.63) is 51.5 Å². The molecule has 2 aromatic heterocycles. The number of nitrogens with zero attached hydrogens (tertiary/aromatic N) is 4. The Balaban J connectivity index is 1.59. The summed E-state index contributed by atoms with van der Waals surface area (Å²) in [5, 5.41) is 31.2. The van der Waals surface area contributed by atoms with Crippen LogP contribution in [-0.4, -0.2) is 78.6 Å². The molecule has 11 nitrogen and oxygen atoms in total. The fourth-order valence-corrected chi connectivity index (χ4v) is 4.72. The molecule has 1 saturated heterocycles. The molecule has 3 aromatic rings. The van der Waals surface area contributed by atoms with E-state index in [0.717, 1.165) is 26.2 Å². The molecule has 1 aromatic carbocycles. The Morgan fingerprint density at radius 3 is 2.46 bits per heavy atom. The van der Waals surface area contributed by atoms with Crippen molar-refractivity contribution >= 4 is 50.8 Å². The Kier molecular flexibility index (Phi) is 8.07. The van der Waals surface area contributed by atoms with Crippen molar-refractivity contribution in [2.75, 3.05) is 31.6 Å². The number of aromatic hydroxyl groups is 2.